The van der Waals surface area contributed by atoms with Crippen LogP contribution in [0.4, 0.5) is 0 Å². The number of carbonyl (C=O) groups excluding carboxylic acids is 1. The summed E-state index contributed by atoms with van der Waals surface area (Å²) in [6, 6.07) is 27.8. The van der Waals surface area contributed by atoms with E-state index in [1.165, 1.54) is 11.1 Å². The summed E-state index contributed by atoms with van der Waals surface area (Å²) < 4.78 is 5.96. The molecule has 0 saturated carbocycles. The molecular weight excluding hydrogens is 372 g/mol. The second kappa shape index (κ2) is 7.99. The van der Waals surface area contributed by atoms with Crippen LogP contribution in [-0.4, -0.2) is 28.4 Å². The number of rotatable bonds is 4. The number of amides is 1. The highest BCUT2D eigenvalue weighted by atomic mass is 16.5. The zero-order chi connectivity index (χ0) is 20.3. The van der Waals surface area contributed by atoms with E-state index in [-0.39, 0.29) is 11.9 Å². The molecule has 0 spiro atoms. The van der Waals surface area contributed by atoms with Gasteiger partial charge in [0, 0.05) is 24.4 Å². The van der Waals surface area contributed by atoms with Crippen LogP contribution in [0.5, 0.6) is 5.88 Å². The highest BCUT2D eigenvalue weighted by molar-refractivity contribution is 6.07. The van der Waals surface area contributed by atoms with Gasteiger partial charge in [0.25, 0.3) is 5.91 Å². The number of carbonyl (C=O) groups is 1. The lowest BCUT2D eigenvalue weighted by atomic mass is 9.93. The fourth-order valence-corrected chi connectivity index (χ4v) is 4.15. The smallest absolute Gasteiger partial charge is 0.255 e. The van der Waals surface area contributed by atoms with E-state index < -0.39 is 0 Å². The second-order valence-electron chi connectivity index (χ2n) is 7.57. The molecule has 0 saturated heterocycles. The van der Waals surface area contributed by atoms with Crippen LogP contribution in [0.2, 0.25) is 0 Å². The molecule has 5 rings (SSSR count). The zero-order valence-electron chi connectivity index (χ0n) is 16.6. The number of hydrogen-bond donors (Lipinski definition) is 0. The molecule has 1 aromatic heterocycles. The van der Waals surface area contributed by atoms with Crippen molar-refractivity contribution in [2.24, 2.45) is 0 Å². The van der Waals surface area contributed by atoms with Gasteiger partial charge in [-0.15, -0.1) is 0 Å². The molecule has 4 aromatic rings. The van der Waals surface area contributed by atoms with Crippen molar-refractivity contribution in [2.45, 2.75) is 19.0 Å². The van der Waals surface area contributed by atoms with Crippen molar-refractivity contribution in [2.75, 3.05) is 6.61 Å². The first-order valence-electron chi connectivity index (χ1n) is 10.2. The summed E-state index contributed by atoms with van der Waals surface area (Å²) in [5.41, 5.74) is 3.20. The van der Waals surface area contributed by atoms with Gasteiger partial charge >= 0.3 is 0 Å². The Morgan fingerprint density at radius 2 is 1.67 bits per heavy atom. The van der Waals surface area contributed by atoms with Gasteiger partial charge in [-0.2, -0.15) is 0 Å². The summed E-state index contributed by atoms with van der Waals surface area (Å²) in [5.74, 6) is 0.616. The predicted molar refractivity (Wildman–Crippen MR) is 117 cm³/mol. The number of benzene rings is 3. The van der Waals surface area contributed by atoms with Crippen molar-refractivity contribution in [3.05, 3.63) is 108 Å². The van der Waals surface area contributed by atoms with Crippen molar-refractivity contribution >= 4 is 16.7 Å². The summed E-state index contributed by atoms with van der Waals surface area (Å²) in [6.07, 6.45) is 2.48. The Labute approximate surface area is 175 Å². The van der Waals surface area contributed by atoms with Gasteiger partial charge in [0.15, 0.2) is 0 Å². The third-order valence-corrected chi connectivity index (χ3v) is 5.70. The Balaban J connectivity index is 1.48. The Bertz CT molecular complexity index is 1180. The number of nitrogens with zero attached hydrogens (tertiary/aromatic N) is 2. The summed E-state index contributed by atoms with van der Waals surface area (Å²) in [6.45, 7) is 0.982. The summed E-state index contributed by atoms with van der Waals surface area (Å²) in [4.78, 5) is 19.9. The molecule has 1 aliphatic rings. The predicted octanol–water partition coefficient (Wildman–Crippen LogP) is 4.88. The van der Waals surface area contributed by atoms with E-state index in [0.717, 1.165) is 22.8 Å². The number of fused-ring (bicyclic) bond motifs is 2. The molecule has 0 N–H and O–H groups in total. The van der Waals surface area contributed by atoms with Crippen LogP contribution in [0.15, 0.2) is 91.1 Å². The fourth-order valence-electron chi connectivity index (χ4n) is 4.15. The van der Waals surface area contributed by atoms with E-state index in [1.807, 2.05) is 71.6 Å². The lowest BCUT2D eigenvalue weighted by Crippen LogP contribution is -2.47. The summed E-state index contributed by atoms with van der Waals surface area (Å²) in [7, 11) is 0. The monoisotopic (exact) mass is 394 g/mol. The molecular formula is C26H22N2O2. The molecule has 0 aliphatic carbocycles. The molecule has 1 atom stereocenters. The van der Waals surface area contributed by atoms with Crippen molar-refractivity contribution in [1.29, 1.82) is 0 Å². The molecule has 3 aromatic carbocycles. The normalized spacial score (nSPS) is 15.6. The minimum Gasteiger partial charge on any atom is -0.475 e. The molecule has 0 fully saturated rings. The van der Waals surface area contributed by atoms with Gasteiger partial charge in [-0.05, 0) is 40.5 Å². The maximum Gasteiger partial charge on any atom is 0.255 e. The zero-order valence-corrected chi connectivity index (χ0v) is 16.6. The van der Waals surface area contributed by atoms with E-state index in [0.29, 0.717) is 19.0 Å². The Hall–Kier alpha value is -3.66. The van der Waals surface area contributed by atoms with E-state index in [2.05, 4.69) is 23.2 Å². The van der Waals surface area contributed by atoms with E-state index in [4.69, 9.17) is 4.74 Å². The number of hydrogen-bond acceptors (Lipinski definition) is 3. The van der Waals surface area contributed by atoms with Gasteiger partial charge in [-0.25, -0.2) is 4.98 Å². The van der Waals surface area contributed by atoms with Crippen molar-refractivity contribution in [3.63, 3.8) is 0 Å². The first kappa shape index (κ1) is 18.4. The molecule has 1 unspecified atom stereocenters. The molecule has 1 aliphatic heterocycles. The largest absolute Gasteiger partial charge is 0.475 e. The van der Waals surface area contributed by atoms with Gasteiger partial charge < -0.3 is 9.64 Å². The minimum atomic E-state index is -0.0617. The number of aromatic nitrogens is 1. The van der Waals surface area contributed by atoms with Crippen LogP contribution >= 0.6 is 0 Å². The van der Waals surface area contributed by atoms with E-state index in [9.17, 15) is 4.79 Å². The molecule has 4 nitrogen and oxygen atoms in total. The van der Waals surface area contributed by atoms with Crippen LogP contribution in [-0.2, 0) is 13.0 Å². The topological polar surface area (TPSA) is 42.4 Å². The molecule has 0 radical (unpaired) electrons. The van der Waals surface area contributed by atoms with Crippen LogP contribution in [0.25, 0.3) is 10.8 Å². The average Bonchev–Trinajstić information content (AvgIpc) is 2.82. The van der Waals surface area contributed by atoms with Crippen LogP contribution < -0.4 is 4.74 Å². The van der Waals surface area contributed by atoms with E-state index in [1.54, 1.807) is 6.20 Å². The lowest BCUT2D eigenvalue weighted by Gasteiger charge is -2.37. The maximum absolute atomic E-state index is 13.7. The van der Waals surface area contributed by atoms with Gasteiger partial charge in [0.2, 0.25) is 5.88 Å². The fraction of sp³-hybridized carbons (Fsp3) is 0.154. The van der Waals surface area contributed by atoms with Crippen molar-refractivity contribution in [3.8, 4) is 5.88 Å². The van der Waals surface area contributed by atoms with Crippen LogP contribution in [0.3, 0.4) is 0 Å². The Morgan fingerprint density at radius 3 is 2.53 bits per heavy atom. The minimum absolute atomic E-state index is 0.0379. The number of ether oxygens (including phenoxy) is 1. The van der Waals surface area contributed by atoms with E-state index >= 15 is 0 Å². The Morgan fingerprint density at radius 1 is 0.900 bits per heavy atom. The third kappa shape index (κ3) is 3.52. The molecule has 30 heavy (non-hydrogen) atoms. The first-order chi connectivity index (χ1) is 14.8. The standard InChI is InChI=1S/C26H22N2O2/c29-26(24-13-7-11-19-8-3-4-12-23(19)24)28-17-21-10-2-1-9-20(21)16-22(28)18-30-25-14-5-6-15-27-25/h1-15,22H,16-18H2. The highest BCUT2D eigenvalue weighted by Crippen LogP contribution is 2.28. The van der Waals surface area contributed by atoms with Crippen LogP contribution in [0.1, 0.15) is 21.5 Å². The summed E-state index contributed by atoms with van der Waals surface area (Å²) in [5, 5.41) is 2.05. The van der Waals surface area contributed by atoms with Crippen LogP contribution in [0, 0.1) is 0 Å². The van der Waals surface area contributed by atoms with Crippen molar-refractivity contribution in [1.82, 2.24) is 9.88 Å². The molecule has 1 amide bonds. The number of pyridine rings is 1. The molecule has 4 heteroatoms. The third-order valence-electron chi connectivity index (χ3n) is 5.70. The van der Waals surface area contributed by atoms with Gasteiger partial charge in [-0.1, -0.05) is 66.7 Å². The average molecular weight is 394 g/mol. The highest BCUT2D eigenvalue weighted by Gasteiger charge is 2.31. The lowest BCUT2D eigenvalue weighted by molar-refractivity contribution is 0.0564. The van der Waals surface area contributed by atoms with Gasteiger partial charge in [-0.3, -0.25) is 4.79 Å². The molecule has 2 heterocycles. The first-order valence-corrected chi connectivity index (χ1v) is 10.2. The van der Waals surface area contributed by atoms with Gasteiger partial charge in [0.1, 0.15) is 6.61 Å². The Kier molecular flexibility index (Phi) is 4.89. The molecule has 148 valence electrons. The second-order valence-corrected chi connectivity index (χ2v) is 7.57. The molecule has 0 bridgehead atoms. The van der Waals surface area contributed by atoms with Gasteiger partial charge in [0.05, 0.1) is 6.04 Å². The SMILES string of the molecule is O=C(c1cccc2ccccc12)N1Cc2ccccc2CC1COc1ccccn1. The maximum atomic E-state index is 13.7. The summed E-state index contributed by atoms with van der Waals surface area (Å²) >= 11 is 0. The van der Waals surface area contributed by atoms with Crippen molar-refractivity contribution < 1.29 is 9.53 Å². The quantitative estimate of drug-likeness (QED) is 0.495.